The molecule has 2 aromatic heterocycles. The fourth-order valence-electron chi connectivity index (χ4n) is 8.08. The molecule has 5 nitrogen and oxygen atoms in total. The molecule has 0 spiro atoms. The van der Waals surface area contributed by atoms with Gasteiger partial charge >= 0.3 is 0 Å². The Balaban J connectivity index is 1.21. The molecule has 0 saturated heterocycles. The zero-order valence-electron chi connectivity index (χ0n) is 29.6. The smallest absolute Gasteiger partial charge is 0.101 e. The summed E-state index contributed by atoms with van der Waals surface area (Å²) >= 11 is 0. The molecule has 0 unspecified atom stereocenters. The third-order valence-electron chi connectivity index (χ3n) is 10.6. The summed E-state index contributed by atoms with van der Waals surface area (Å²) in [5.41, 5.74) is 12.4. The summed E-state index contributed by atoms with van der Waals surface area (Å²) in [7, 11) is 0. The monoisotopic (exact) mass is 701 g/mol. The van der Waals surface area contributed by atoms with E-state index in [9.17, 15) is 10.5 Å². The number of fused-ring (bicyclic) bond motifs is 6. The van der Waals surface area contributed by atoms with E-state index in [-0.39, 0.29) is 0 Å². The Hall–Kier alpha value is -7.86. The zero-order valence-corrected chi connectivity index (χ0v) is 29.6. The van der Waals surface area contributed by atoms with Gasteiger partial charge in [-0.05, 0) is 114 Å². The number of anilines is 3. The van der Waals surface area contributed by atoms with Gasteiger partial charge in [0.05, 0.1) is 33.2 Å². The minimum absolute atomic E-state index is 0.352. The van der Waals surface area contributed by atoms with E-state index in [1.165, 1.54) is 16.3 Å². The quantitative estimate of drug-likeness (QED) is 0.173. The van der Waals surface area contributed by atoms with Crippen molar-refractivity contribution < 1.29 is 0 Å². The van der Waals surface area contributed by atoms with E-state index < -0.39 is 0 Å². The molecule has 0 amide bonds. The third-order valence-corrected chi connectivity index (χ3v) is 10.6. The van der Waals surface area contributed by atoms with E-state index in [0.29, 0.717) is 11.1 Å². The van der Waals surface area contributed by atoms with Crippen LogP contribution >= 0.6 is 0 Å². The molecule has 0 aliphatic rings. The van der Waals surface area contributed by atoms with Gasteiger partial charge in [-0.25, -0.2) is 0 Å². The van der Waals surface area contributed by atoms with Crippen LogP contribution in [0.4, 0.5) is 17.1 Å². The molecule has 2 heterocycles. The van der Waals surface area contributed by atoms with Crippen molar-refractivity contribution in [2.24, 2.45) is 0 Å². The highest BCUT2D eigenvalue weighted by Crippen LogP contribution is 2.42. The third kappa shape index (κ3) is 5.23. The molecule has 0 aliphatic carbocycles. The number of nitriles is 2. The molecule has 0 N–H and O–H groups in total. The van der Waals surface area contributed by atoms with Crippen LogP contribution in [0.15, 0.2) is 188 Å². The lowest BCUT2D eigenvalue weighted by atomic mass is 10.0. The van der Waals surface area contributed by atoms with E-state index in [0.717, 1.165) is 66.9 Å². The molecule has 0 saturated carbocycles. The van der Waals surface area contributed by atoms with Gasteiger partial charge in [0.2, 0.25) is 0 Å². The van der Waals surface area contributed by atoms with E-state index in [1.807, 2.05) is 24.3 Å². The summed E-state index contributed by atoms with van der Waals surface area (Å²) in [4.78, 5) is 2.28. The van der Waals surface area contributed by atoms with Crippen molar-refractivity contribution in [3.8, 4) is 34.6 Å². The summed E-state index contributed by atoms with van der Waals surface area (Å²) in [6, 6.07) is 69.9. The van der Waals surface area contributed by atoms with Gasteiger partial charge in [-0.15, -0.1) is 0 Å². The topological polar surface area (TPSA) is 60.7 Å². The Bertz CT molecular complexity index is 3120. The zero-order chi connectivity index (χ0) is 36.9. The fraction of sp³-hybridized carbons (Fsp3) is 0. The van der Waals surface area contributed by atoms with E-state index in [1.54, 1.807) is 6.07 Å². The van der Waals surface area contributed by atoms with Crippen LogP contribution in [0.2, 0.25) is 0 Å². The SMILES string of the molecule is N#Cc1ccc(-n2c3ccc(-c4ccc5c(c4)c4ccccc4n5-c4ccccc4)cc3c3cc(N(c4ccccc4)c4ccccc4)ccc32)cc1C#N. The van der Waals surface area contributed by atoms with Gasteiger partial charge in [0, 0.05) is 50.0 Å². The fourth-order valence-corrected chi connectivity index (χ4v) is 8.08. The molecule has 0 aliphatic heterocycles. The first-order valence-electron chi connectivity index (χ1n) is 18.2. The Morgan fingerprint density at radius 3 is 1.45 bits per heavy atom. The average molecular weight is 702 g/mol. The predicted molar refractivity (Wildman–Crippen MR) is 225 cm³/mol. The van der Waals surface area contributed by atoms with Crippen LogP contribution in [0.1, 0.15) is 11.1 Å². The molecule has 0 atom stereocenters. The Morgan fingerprint density at radius 2 is 0.836 bits per heavy atom. The lowest BCUT2D eigenvalue weighted by Gasteiger charge is -2.25. The lowest BCUT2D eigenvalue weighted by Crippen LogP contribution is -2.09. The summed E-state index contributed by atoms with van der Waals surface area (Å²) in [6.45, 7) is 0. The molecule has 0 bridgehead atoms. The molecule has 55 heavy (non-hydrogen) atoms. The molecule has 0 fully saturated rings. The van der Waals surface area contributed by atoms with Crippen molar-refractivity contribution in [2.75, 3.05) is 4.90 Å². The Morgan fingerprint density at radius 1 is 0.345 bits per heavy atom. The number of rotatable bonds is 6. The number of benzene rings is 8. The van der Waals surface area contributed by atoms with Crippen molar-refractivity contribution in [1.82, 2.24) is 9.13 Å². The Kier molecular flexibility index (Phi) is 7.51. The van der Waals surface area contributed by atoms with Crippen molar-refractivity contribution in [2.45, 2.75) is 0 Å². The van der Waals surface area contributed by atoms with Crippen LogP contribution in [0, 0.1) is 22.7 Å². The maximum absolute atomic E-state index is 9.96. The van der Waals surface area contributed by atoms with Gasteiger partial charge in [-0.1, -0.05) is 84.9 Å². The standard InChI is InChI=1S/C50H31N5/c51-32-36-20-23-41(28-37(36)33-52)55-49-26-22-35(34-21-25-48-44(29-34)43-18-10-11-19-47(43)54(48)40-16-8-3-9-17-40)30-45(49)46-31-42(24-27-50(46)55)53(38-12-4-1-5-13-38)39-14-6-2-7-15-39/h1-31H. The molecule has 10 rings (SSSR count). The van der Waals surface area contributed by atoms with Crippen LogP contribution in [0.25, 0.3) is 66.1 Å². The minimum Gasteiger partial charge on any atom is -0.310 e. The second kappa shape index (κ2) is 13.0. The summed E-state index contributed by atoms with van der Waals surface area (Å²) in [5, 5.41) is 24.2. The maximum atomic E-state index is 9.96. The first kappa shape index (κ1) is 31.8. The second-order valence-corrected chi connectivity index (χ2v) is 13.6. The van der Waals surface area contributed by atoms with E-state index in [2.05, 4.69) is 184 Å². The average Bonchev–Trinajstić information content (AvgIpc) is 3.76. The highest BCUT2D eigenvalue weighted by atomic mass is 15.1. The number of para-hydroxylation sites is 4. The second-order valence-electron chi connectivity index (χ2n) is 13.6. The van der Waals surface area contributed by atoms with Gasteiger partial charge in [0.15, 0.2) is 0 Å². The highest BCUT2D eigenvalue weighted by molar-refractivity contribution is 6.13. The number of hydrogen-bond acceptors (Lipinski definition) is 3. The van der Waals surface area contributed by atoms with Gasteiger partial charge in [-0.3, -0.25) is 0 Å². The van der Waals surface area contributed by atoms with Crippen LogP contribution in [-0.2, 0) is 0 Å². The van der Waals surface area contributed by atoms with Crippen LogP contribution in [0.5, 0.6) is 0 Å². The molecular formula is C50H31N5. The van der Waals surface area contributed by atoms with Crippen LogP contribution in [0.3, 0.4) is 0 Å². The summed E-state index contributed by atoms with van der Waals surface area (Å²) in [5.74, 6) is 0. The largest absolute Gasteiger partial charge is 0.310 e. The minimum atomic E-state index is 0.352. The van der Waals surface area contributed by atoms with Gasteiger partial charge < -0.3 is 14.0 Å². The molecule has 0 radical (unpaired) electrons. The highest BCUT2D eigenvalue weighted by Gasteiger charge is 2.19. The summed E-state index contributed by atoms with van der Waals surface area (Å²) in [6.07, 6.45) is 0. The molecule has 8 aromatic carbocycles. The van der Waals surface area contributed by atoms with E-state index in [4.69, 9.17) is 0 Å². The maximum Gasteiger partial charge on any atom is 0.101 e. The summed E-state index contributed by atoms with van der Waals surface area (Å²) < 4.78 is 4.54. The van der Waals surface area contributed by atoms with Crippen molar-refractivity contribution in [3.05, 3.63) is 199 Å². The van der Waals surface area contributed by atoms with Gasteiger partial charge in [0.25, 0.3) is 0 Å². The van der Waals surface area contributed by atoms with Crippen molar-refractivity contribution in [3.63, 3.8) is 0 Å². The van der Waals surface area contributed by atoms with Crippen molar-refractivity contribution in [1.29, 1.82) is 10.5 Å². The Labute approximate surface area is 318 Å². The molecule has 256 valence electrons. The van der Waals surface area contributed by atoms with E-state index >= 15 is 0 Å². The number of aromatic nitrogens is 2. The normalized spacial score (nSPS) is 11.2. The first-order chi connectivity index (χ1) is 27.2. The molecular weight excluding hydrogens is 671 g/mol. The van der Waals surface area contributed by atoms with Crippen LogP contribution < -0.4 is 4.90 Å². The number of hydrogen-bond donors (Lipinski definition) is 0. The van der Waals surface area contributed by atoms with Gasteiger partial charge in [-0.2, -0.15) is 10.5 Å². The van der Waals surface area contributed by atoms with Crippen LogP contribution in [-0.4, -0.2) is 9.13 Å². The molecule has 5 heteroatoms. The van der Waals surface area contributed by atoms with Gasteiger partial charge in [0.1, 0.15) is 12.1 Å². The van der Waals surface area contributed by atoms with Crippen molar-refractivity contribution >= 4 is 60.7 Å². The first-order valence-corrected chi connectivity index (χ1v) is 18.2. The number of nitrogens with zero attached hydrogens (tertiary/aromatic N) is 5. The predicted octanol–water partition coefficient (Wildman–Crippen LogP) is 12.8. The lowest BCUT2D eigenvalue weighted by molar-refractivity contribution is 1.17. The molecule has 10 aromatic rings.